The number of rotatable bonds is 4. The highest BCUT2D eigenvalue weighted by molar-refractivity contribution is 8.17. The summed E-state index contributed by atoms with van der Waals surface area (Å²) in [5.74, 6) is 0.681. The quantitative estimate of drug-likeness (QED) is 0.580. The van der Waals surface area contributed by atoms with Gasteiger partial charge in [0.25, 0.3) is 0 Å². The van der Waals surface area contributed by atoms with Gasteiger partial charge in [0, 0.05) is 20.0 Å². The molecule has 0 N–H and O–H groups in total. The van der Waals surface area contributed by atoms with E-state index >= 15 is 0 Å². The van der Waals surface area contributed by atoms with Gasteiger partial charge < -0.3 is 9.64 Å². The lowest BCUT2D eigenvalue weighted by Gasteiger charge is -2.28. The van der Waals surface area contributed by atoms with E-state index in [1.54, 1.807) is 31.0 Å². The summed E-state index contributed by atoms with van der Waals surface area (Å²) in [4.78, 5) is 8.69. The molecule has 5 heteroatoms. The van der Waals surface area contributed by atoms with Gasteiger partial charge in [-0.1, -0.05) is 48.2 Å². The molecule has 1 heterocycles. The molecule has 0 amide bonds. The minimum Gasteiger partial charge on any atom is -0.497 e. The predicted molar refractivity (Wildman–Crippen MR) is 124 cm³/mol. The van der Waals surface area contributed by atoms with Crippen LogP contribution in [0, 0.1) is 5.82 Å². The van der Waals surface area contributed by atoms with Crippen molar-refractivity contribution < 1.29 is 9.13 Å². The number of benzene rings is 2. The number of nitrogens with zero attached hydrogens (tertiary/aromatic N) is 2. The molecule has 3 nitrogen and oxygen atoms in total. The second kappa shape index (κ2) is 9.52. The van der Waals surface area contributed by atoms with Crippen LogP contribution in [0.3, 0.4) is 0 Å². The number of methoxy groups -OCH3 is 1. The Hall–Kier alpha value is -2.53. The molecular formula is C25H27FN2OS. The summed E-state index contributed by atoms with van der Waals surface area (Å²) in [6, 6.07) is 15.3. The fourth-order valence-electron chi connectivity index (χ4n) is 3.87. The Morgan fingerprint density at radius 1 is 1.10 bits per heavy atom. The molecule has 0 saturated heterocycles. The van der Waals surface area contributed by atoms with E-state index in [9.17, 15) is 4.39 Å². The van der Waals surface area contributed by atoms with Crippen molar-refractivity contribution >= 4 is 22.5 Å². The Bertz CT molecular complexity index is 981. The Labute approximate surface area is 182 Å². The molecule has 1 atom stereocenters. The van der Waals surface area contributed by atoms with E-state index in [-0.39, 0.29) is 11.9 Å². The van der Waals surface area contributed by atoms with Crippen LogP contribution in [0.5, 0.6) is 5.75 Å². The standard InChI is InChI=1S/C25H27FN2OS/c1-28(17-18-10-12-23(29-2)13-11-18)25-27-22-15-20(19-7-5-8-21(26)14-19)6-3-4-9-24(16-22)30-25/h5-14,22H,3-4,15-17H2,1-2H3. The van der Waals surface area contributed by atoms with Gasteiger partial charge in [0.2, 0.25) is 0 Å². The third-order valence-electron chi connectivity index (χ3n) is 5.44. The second-order valence-electron chi connectivity index (χ2n) is 7.77. The summed E-state index contributed by atoms with van der Waals surface area (Å²) in [5, 5.41) is 1.05. The number of ether oxygens (including phenoxy) is 1. The van der Waals surface area contributed by atoms with Crippen LogP contribution in [0.15, 0.2) is 70.6 Å². The molecule has 2 aromatic carbocycles. The van der Waals surface area contributed by atoms with Crippen molar-refractivity contribution in [1.82, 2.24) is 4.90 Å². The average molecular weight is 423 g/mol. The minimum atomic E-state index is -0.185. The SMILES string of the molecule is COc1ccc(CN(C)C2=NC3CC(=CCCC=C(c4cccc(F)c4)C3)S2)cc1. The molecule has 1 aliphatic carbocycles. The van der Waals surface area contributed by atoms with Gasteiger partial charge in [-0.05, 0) is 65.1 Å². The maximum Gasteiger partial charge on any atom is 0.164 e. The minimum absolute atomic E-state index is 0.179. The van der Waals surface area contributed by atoms with Gasteiger partial charge in [0.1, 0.15) is 11.6 Å². The van der Waals surface area contributed by atoms with E-state index in [0.29, 0.717) is 0 Å². The van der Waals surface area contributed by atoms with Crippen LogP contribution < -0.4 is 4.74 Å². The van der Waals surface area contributed by atoms with Crippen LogP contribution in [0.25, 0.3) is 5.57 Å². The van der Waals surface area contributed by atoms with E-state index in [4.69, 9.17) is 9.73 Å². The van der Waals surface area contributed by atoms with Crippen LogP contribution in [-0.2, 0) is 6.54 Å². The number of fused-ring (bicyclic) bond motifs is 2. The third-order valence-corrected chi connectivity index (χ3v) is 6.63. The van der Waals surface area contributed by atoms with Gasteiger partial charge in [0.05, 0.1) is 13.2 Å². The molecule has 0 saturated carbocycles. The van der Waals surface area contributed by atoms with E-state index in [1.807, 2.05) is 18.2 Å². The number of allylic oxidation sites excluding steroid dienone is 2. The van der Waals surface area contributed by atoms with E-state index in [2.05, 4.69) is 36.2 Å². The average Bonchev–Trinajstić information content (AvgIpc) is 2.82. The molecule has 2 aromatic rings. The van der Waals surface area contributed by atoms with Crippen molar-refractivity contribution in [2.24, 2.45) is 4.99 Å². The highest BCUT2D eigenvalue weighted by Crippen LogP contribution is 2.36. The summed E-state index contributed by atoms with van der Waals surface area (Å²) >= 11 is 1.78. The molecule has 1 unspecified atom stereocenters. The summed E-state index contributed by atoms with van der Waals surface area (Å²) in [5.41, 5.74) is 3.39. The zero-order chi connectivity index (χ0) is 20.9. The number of hydrogen-bond acceptors (Lipinski definition) is 4. The van der Waals surface area contributed by atoms with Crippen LogP contribution >= 0.6 is 11.8 Å². The van der Waals surface area contributed by atoms with Crippen molar-refractivity contribution in [2.45, 2.75) is 38.3 Å². The van der Waals surface area contributed by atoms with Gasteiger partial charge in [-0.25, -0.2) is 4.39 Å². The molecular weight excluding hydrogens is 395 g/mol. The van der Waals surface area contributed by atoms with Crippen molar-refractivity contribution in [3.63, 3.8) is 0 Å². The molecule has 0 aromatic heterocycles. The fraction of sp³-hybridized carbons (Fsp3) is 0.320. The largest absolute Gasteiger partial charge is 0.497 e. The molecule has 4 rings (SSSR count). The normalized spacial score (nSPS) is 18.9. The maximum absolute atomic E-state index is 13.8. The number of amidine groups is 1. The lowest BCUT2D eigenvalue weighted by molar-refractivity contribution is 0.414. The maximum atomic E-state index is 13.8. The molecule has 0 spiro atoms. The van der Waals surface area contributed by atoms with Gasteiger partial charge in [-0.3, -0.25) is 4.99 Å². The highest BCUT2D eigenvalue weighted by Gasteiger charge is 2.24. The molecule has 2 aliphatic rings. The lowest BCUT2D eigenvalue weighted by atomic mass is 9.96. The third kappa shape index (κ3) is 5.14. The van der Waals surface area contributed by atoms with E-state index in [1.165, 1.54) is 22.1 Å². The number of aliphatic imine (C=N–C) groups is 1. The molecule has 2 bridgehead atoms. The molecule has 0 radical (unpaired) electrons. The van der Waals surface area contributed by atoms with Crippen molar-refractivity contribution in [3.8, 4) is 5.75 Å². The van der Waals surface area contributed by atoms with Crippen molar-refractivity contribution in [2.75, 3.05) is 14.2 Å². The molecule has 1 aliphatic heterocycles. The Morgan fingerprint density at radius 3 is 2.67 bits per heavy atom. The molecule has 156 valence electrons. The fourth-order valence-corrected chi connectivity index (χ4v) is 5.01. The first kappa shape index (κ1) is 20.7. The van der Waals surface area contributed by atoms with E-state index in [0.717, 1.165) is 48.7 Å². The summed E-state index contributed by atoms with van der Waals surface area (Å²) in [7, 11) is 3.78. The van der Waals surface area contributed by atoms with E-state index < -0.39 is 0 Å². The first-order valence-corrected chi connectivity index (χ1v) is 11.2. The summed E-state index contributed by atoms with van der Waals surface area (Å²) in [6.07, 6.45) is 8.37. The zero-order valence-electron chi connectivity index (χ0n) is 17.5. The summed E-state index contributed by atoms with van der Waals surface area (Å²) in [6.45, 7) is 0.794. The van der Waals surface area contributed by atoms with Crippen molar-refractivity contribution in [3.05, 3.63) is 82.5 Å². The highest BCUT2D eigenvalue weighted by atomic mass is 32.2. The first-order chi connectivity index (χ1) is 14.6. The Balaban J connectivity index is 1.53. The zero-order valence-corrected chi connectivity index (χ0v) is 18.3. The number of halogens is 1. The Kier molecular flexibility index (Phi) is 6.58. The van der Waals surface area contributed by atoms with Crippen molar-refractivity contribution in [1.29, 1.82) is 0 Å². The smallest absolute Gasteiger partial charge is 0.164 e. The van der Waals surface area contributed by atoms with Crippen LogP contribution in [-0.4, -0.2) is 30.3 Å². The predicted octanol–water partition coefficient (Wildman–Crippen LogP) is 6.28. The van der Waals surface area contributed by atoms with Gasteiger partial charge in [-0.15, -0.1) is 0 Å². The Morgan fingerprint density at radius 2 is 1.90 bits per heavy atom. The lowest BCUT2D eigenvalue weighted by Crippen LogP contribution is -2.28. The van der Waals surface area contributed by atoms with Gasteiger partial charge >= 0.3 is 0 Å². The monoisotopic (exact) mass is 422 g/mol. The van der Waals surface area contributed by atoms with Crippen LogP contribution in [0.4, 0.5) is 4.39 Å². The first-order valence-electron chi connectivity index (χ1n) is 10.3. The number of hydrogen-bond donors (Lipinski definition) is 0. The summed E-state index contributed by atoms with van der Waals surface area (Å²) < 4.78 is 19.0. The molecule has 0 fully saturated rings. The number of thioether (sulfide) groups is 1. The molecule has 30 heavy (non-hydrogen) atoms. The van der Waals surface area contributed by atoms with Crippen LogP contribution in [0.2, 0.25) is 0 Å². The second-order valence-corrected chi connectivity index (χ2v) is 8.86. The van der Waals surface area contributed by atoms with Gasteiger partial charge in [-0.2, -0.15) is 0 Å². The van der Waals surface area contributed by atoms with Gasteiger partial charge in [0.15, 0.2) is 5.17 Å². The topological polar surface area (TPSA) is 24.8 Å². The van der Waals surface area contributed by atoms with Crippen LogP contribution in [0.1, 0.15) is 36.8 Å².